The first-order valence-electron chi connectivity index (χ1n) is 8.09. The number of allylic oxidation sites excluding steroid dienone is 2. The fraction of sp³-hybridized carbons (Fsp3) is 0.389. The molecule has 0 radical (unpaired) electrons. The lowest BCUT2D eigenvalue weighted by Gasteiger charge is -2.25. The summed E-state index contributed by atoms with van der Waals surface area (Å²) in [7, 11) is 0. The Morgan fingerprint density at radius 2 is 1.64 bits per heavy atom. The van der Waals surface area contributed by atoms with Gasteiger partial charge >= 0.3 is 11.9 Å². The molecule has 2 aliphatic carbocycles. The van der Waals surface area contributed by atoms with Crippen LogP contribution in [0.25, 0.3) is 0 Å². The highest BCUT2D eigenvalue weighted by molar-refractivity contribution is 5.89. The van der Waals surface area contributed by atoms with E-state index in [-0.39, 0.29) is 24.0 Å². The summed E-state index contributed by atoms with van der Waals surface area (Å²) in [5, 5.41) is 30.6. The Kier molecular flexibility index (Phi) is 4.48. The first kappa shape index (κ1) is 17.0. The van der Waals surface area contributed by atoms with Crippen LogP contribution in [0.15, 0.2) is 36.4 Å². The summed E-state index contributed by atoms with van der Waals surface area (Å²) >= 11 is 0. The number of carbonyl (C=O) groups excluding carboxylic acids is 1. The first-order valence-corrected chi connectivity index (χ1v) is 8.09. The summed E-state index contributed by atoms with van der Waals surface area (Å²) in [5.41, 5.74) is 0.646. The fourth-order valence-corrected chi connectivity index (χ4v) is 3.85. The van der Waals surface area contributed by atoms with Gasteiger partial charge < -0.3 is 20.6 Å². The number of amides is 1. The number of benzene rings is 1. The third kappa shape index (κ3) is 3.35. The number of hydrogen-bond acceptors (Lipinski definition) is 4. The van der Waals surface area contributed by atoms with Gasteiger partial charge in [0.05, 0.1) is 11.8 Å². The number of aliphatic carboxylic acids is 2. The van der Waals surface area contributed by atoms with Crippen molar-refractivity contribution in [2.75, 3.05) is 0 Å². The van der Waals surface area contributed by atoms with Crippen molar-refractivity contribution in [3.05, 3.63) is 42.0 Å². The molecule has 0 heterocycles. The molecule has 7 nitrogen and oxygen atoms in total. The van der Waals surface area contributed by atoms with Crippen LogP contribution in [0, 0.1) is 23.7 Å². The standard InChI is InChI=1S/C18H19NO6/c20-12-5-1-9(2-6-12)7-13(17(22)23)19-16(21)14-10-3-4-11(8-10)15(14)18(24)25/h1-6,10-11,13-15,20H,7-8H2,(H,19,21)(H,22,23)(H,24,25)/t10-,11-,13+,14+,15-/m0/s1. The van der Waals surface area contributed by atoms with Crippen LogP contribution in [-0.2, 0) is 20.8 Å². The zero-order valence-electron chi connectivity index (χ0n) is 13.3. The van der Waals surface area contributed by atoms with Crippen LogP contribution in [0.2, 0.25) is 0 Å². The molecule has 1 aromatic rings. The van der Waals surface area contributed by atoms with E-state index in [1.165, 1.54) is 12.1 Å². The molecule has 7 heteroatoms. The van der Waals surface area contributed by atoms with E-state index in [0.717, 1.165) is 0 Å². The zero-order valence-corrected chi connectivity index (χ0v) is 13.3. The number of aromatic hydroxyl groups is 1. The van der Waals surface area contributed by atoms with E-state index in [0.29, 0.717) is 12.0 Å². The van der Waals surface area contributed by atoms with Gasteiger partial charge in [-0.25, -0.2) is 4.79 Å². The van der Waals surface area contributed by atoms with Crippen molar-refractivity contribution >= 4 is 17.8 Å². The maximum absolute atomic E-state index is 12.6. The normalized spacial score (nSPS) is 27.8. The van der Waals surface area contributed by atoms with E-state index >= 15 is 0 Å². The predicted molar refractivity (Wildman–Crippen MR) is 86.7 cm³/mol. The molecule has 25 heavy (non-hydrogen) atoms. The lowest BCUT2D eigenvalue weighted by molar-refractivity contribution is -0.148. The molecule has 0 saturated heterocycles. The second-order valence-electron chi connectivity index (χ2n) is 6.61. The Hall–Kier alpha value is -2.83. The Labute approximate surface area is 144 Å². The Morgan fingerprint density at radius 1 is 1.04 bits per heavy atom. The molecular weight excluding hydrogens is 326 g/mol. The average Bonchev–Trinajstić information content (AvgIpc) is 3.17. The topological polar surface area (TPSA) is 124 Å². The minimum atomic E-state index is -1.19. The van der Waals surface area contributed by atoms with Crippen LogP contribution >= 0.6 is 0 Å². The molecule has 1 aromatic carbocycles. The highest BCUT2D eigenvalue weighted by Crippen LogP contribution is 2.48. The molecule has 1 saturated carbocycles. The molecule has 5 atom stereocenters. The van der Waals surface area contributed by atoms with Crippen LogP contribution in [0.3, 0.4) is 0 Å². The van der Waals surface area contributed by atoms with Gasteiger partial charge in [0.1, 0.15) is 11.8 Å². The van der Waals surface area contributed by atoms with Crippen molar-refractivity contribution in [1.82, 2.24) is 5.32 Å². The number of carboxylic acids is 2. The maximum atomic E-state index is 12.6. The average molecular weight is 345 g/mol. The quantitative estimate of drug-likeness (QED) is 0.571. The number of hydrogen-bond donors (Lipinski definition) is 4. The van der Waals surface area contributed by atoms with E-state index in [1.807, 2.05) is 12.2 Å². The molecule has 2 bridgehead atoms. The molecule has 1 fully saturated rings. The van der Waals surface area contributed by atoms with Crippen LogP contribution in [-0.4, -0.2) is 39.2 Å². The summed E-state index contributed by atoms with van der Waals surface area (Å²) in [6, 6.07) is 4.89. The van der Waals surface area contributed by atoms with Crippen molar-refractivity contribution < 1.29 is 29.7 Å². The van der Waals surface area contributed by atoms with Gasteiger partial charge in [-0.3, -0.25) is 9.59 Å². The third-order valence-electron chi connectivity index (χ3n) is 5.04. The number of rotatable bonds is 6. The monoisotopic (exact) mass is 345 g/mol. The Bertz CT molecular complexity index is 726. The lowest BCUT2D eigenvalue weighted by Crippen LogP contribution is -2.48. The van der Waals surface area contributed by atoms with Crippen LogP contribution in [0.5, 0.6) is 5.75 Å². The summed E-state index contributed by atoms with van der Waals surface area (Å²) in [5.74, 6) is -4.55. The summed E-state index contributed by atoms with van der Waals surface area (Å²) < 4.78 is 0. The van der Waals surface area contributed by atoms with Crippen LogP contribution in [0.4, 0.5) is 0 Å². The molecule has 1 amide bonds. The van der Waals surface area contributed by atoms with Gasteiger partial charge in [0.25, 0.3) is 0 Å². The molecule has 132 valence electrons. The van der Waals surface area contributed by atoms with Gasteiger partial charge in [0.2, 0.25) is 5.91 Å². The second kappa shape index (κ2) is 6.58. The summed E-state index contributed by atoms with van der Waals surface area (Å²) in [6.45, 7) is 0. The van der Waals surface area contributed by atoms with Crippen molar-refractivity contribution in [3.63, 3.8) is 0 Å². The van der Waals surface area contributed by atoms with Crippen molar-refractivity contribution in [3.8, 4) is 5.75 Å². The number of phenols is 1. The Morgan fingerprint density at radius 3 is 2.20 bits per heavy atom. The lowest BCUT2D eigenvalue weighted by atomic mass is 9.82. The van der Waals surface area contributed by atoms with Gasteiger partial charge in [0.15, 0.2) is 0 Å². The number of fused-ring (bicyclic) bond motifs is 2. The van der Waals surface area contributed by atoms with Crippen LogP contribution in [0.1, 0.15) is 12.0 Å². The van der Waals surface area contributed by atoms with Gasteiger partial charge in [-0.05, 0) is 36.0 Å². The highest BCUT2D eigenvalue weighted by Gasteiger charge is 2.52. The molecule has 0 spiro atoms. The largest absolute Gasteiger partial charge is 0.508 e. The van der Waals surface area contributed by atoms with Gasteiger partial charge in [-0.15, -0.1) is 0 Å². The minimum absolute atomic E-state index is 0.0513. The zero-order chi connectivity index (χ0) is 18.1. The molecule has 0 aromatic heterocycles. The maximum Gasteiger partial charge on any atom is 0.326 e. The number of phenolic OH excluding ortho intramolecular Hbond substituents is 1. The van der Waals surface area contributed by atoms with E-state index in [9.17, 15) is 29.7 Å². The van der Waals surface area contributed by atoms with Crippen molar-refractivity contribution in [2.45, 2.75) is 18.9 Å². The Balaban J connectivity index is 1.72. The van der Waals surface area contributed by atoms with E-state index in [2.05, 4.69) is 5.32 Å². The molecular formula is C18H19NO6. The van der Waals surface area contributed by atoms with Gasteiger partial charge in [-0.1, -0.05) is 24.3 Å². The van der Waals surface area contributed by atoms with Gasteiger partial charge in [0, 0.05) is 6.42 Å². The van der Waals surface area contributed by atoms with Gasteiger partial charge in [-0.2, -0.15) is 0 Å². The second-order valence-corrected chi connectivity index (χ2v) is 6.61. The van der Waals surface area contributed by atoms with Crippen LogP contribution < -0.4 is 5.32 Å². The number of nitrogens with one attached hydrogen (secondary N) is 1. The fourth-order valence-electron chi connectivity index (χ4n) is 3.85. The molecule has 4 N–H and O–H groups in total. The number of carbonyl (C=O) groups is 3. The molecule has 2 aliphatic rings. The van der Waals surface area contributed by atoms with Crippen molar-refractivity contribution in [1.29, 1.82) is 0 Å². The first-order chi connectivity index (χ1) is 11.9. The van der Waals surface area contributed by atoms with Crippen molar-refractivity contribution in [2.24, 2.45) is 23.7 Å². The van der Waals surface area contributed by atoms with E-state index in [1.54, 1.807) is 12.1 Å². The third-order valence-corrected chi connectivity index (χ3v) is 5.04. The molecule has 3 rings (SSSR count). The molecule has 0 unspecified atom stereocenters. The number of carboxylic acid groups (broad SMARTS) is 2. The molecule has 0 aliphatic heterocycles. The predicted octanol–water partition coefficient (Wildman–Crippen LogP) is 1.03. The summed E-state index contributed by atoms with van der Waals surface area (Å²) in [4.78, 5) is 35.6. The smallest absolute Gasteiger partial charge is 0.326 e. The summed E-state index contributed by atoms with van der Waals surface area (Å²) in [6.07, 6.45) is 4.35. The minimum Gasteiger partial charge on any atom is -0.508 e. The SMILES string of the molecule is O=C(O)[C@@H]1[C@H](C(=O)N[C@H](Cc2ccc(O)cc2)C(=O)O)[C@H]2C=C[C@H]1C2. The highest BCUT2D eigenvalue weighted by atomic mass is 16.4. The van der Waals surface area contributed by atoms with E-state index < -0.39 is 35.7 Å². The van der Waals surface area contributed by atoms with E-state index in [4.69, 9.17) is 0 Å².